The van der Waals surface area contributed by atoms with Crippen LogP contribution in [0.2, 0.25) is 0 Å². The number of piperazine rings is 1. The SMILES string of the molecule is COc1ccccc1N1CCN(C(=O)c2cccc(Br)c2)[C@@H](C)C1=O. The molecule has 0 bridgehead atoms. The van der Waals surface area contributed by atoms with Crippen LogP contribution < -0.4 is 9.64 Å². The van der Waals surface area contributed by atoms with Crippen molar-refractivity contribution in [2.24, 2.45) is 0 Å². The average Bonchev–Trinajstić information content (AvgIpc) is 2.63. The highest BCUT2D eigenvalue weighted by atomic mass is 79.9. The van der Waals surface area contributed by atoms with Gasteiger partial charge in [-0.1, -0.05) is 34.1 Å². The number of carbonyl (C=O) groups is 2. The highest BCUT2D eigenvalue weighted by molar-refractivity contribution is 9.10. The van der Waals surface area contributed by atoms with E-state index >= 15 is 0 Å². The van der Waals surface area contributed by atoms with Crippen LogP contribution in [-0.4, -0.2) is 43.0 Å². The highest BCUT2D eigenvalue weighted by Crippen LogP contribution is 2.30. The molecule has 0 N–H and O–H groups in total. The van der Waals surface area contributed by atoms with E-state index in [1.807, 2.05) is 36.4 Å². The number of para-hydroxylation sites is 2. The van der Waals surface area contributed by atoms with Crippen LogP contribution in [0, 0.1) is 0 Å². The number of nitrogens with zero attached hydrogens (tertiary/aromatic N) is 2. The average molecular weight is 403 g/mol. The van der Waals surface area contributed by atoms with Crippen molar-refractivity contribution in [3.63, 3.8) is 0 Å². The van der Waals surface area contributed by atoms with Crippen LogP contribution in [0.1, 0.15) is 17.3 Å². The van der Waals surface area contributed by atoms with Crippen molar-refractivity contribution >= 4 is 33.4 Å². The molecule has 0 aromatic heterocycles. The molecule has 0 aliphatic carbocycles. The van der Waals surface area contributed by atoms with Crippen LogP contribution >= 0.6 is 15.9 Å². The maximum atomic E-state index is 12.9. The maximum absolute atomic E-state index is 12.9. The Hall–Kier alpha value is -2.34. The molecule has 130 valence electrons. The van der Waals surface area contributed by atoms with E-state index in [1.165, 1.54) is 0 Å². The van der Waals surface area contributed by atoms with Gasteiger partial charge in [0.25, 0.3) is 5.91 Å². The molecule has 5 nitrogen and oxygen atoms in total. The smallest absolute Gasteiger partial charge is 0.254 e. The fourth-order valence-corrected chi connectivity index (χ4v) is 3.43. The van der Waals surface area contributed by atoms with Crippen LogP contribution in [0.4, 0.5) is 5.69 Å². The van der Waals surface area contributed by atoms with Crippen molar-refractivity contribution in [2.75, 3.05) is 25.1 Å². The van der Waals surface area contributed by atoms with Crippen LogP contribution in [0.25, 0.3) is 0 Å². The standard InChI is InChI=1S/C19H19BrN2O3/c1-13-18(23)22(16-8-3-4-9-17(16)25-2)11-10-21(13)19(24)14-6-5-7-15(20)12-14/h3-9,12-13H,10-11H2,1-2H3/t13-/m0/s1. The summed E-state index contributed by atoms with van der Waals surface area (Å²) in [5, 5.41) is 0. The molecule has 1 aliphatic heterocycles. The van der Waals surface area contributed by atoms with Gasteiger partial charge in [0.1, 0.15) is 11.8 Å². The molecule has 1 saturated heterocycles. The van der Waals surface area contributed by atoms with Gasteiger partial charge in [-0.05, 0) is 37.3 Å². The zero-order valence-corrected chi connectivity index (χ0v) is 15.7. The number of halogens is 1. The first-order valence-electron chi connectivity index (χ1n) is 8.04. The number of hydrogen-bond donors (Lipinski definition) is 0. The summed E-state index contributed by atoms with van der Waals surface area (Å²) in [5.74, 6) is 0.399. The molecule has 2 aromatic rings. The summed E-state index contributed by atoms with van der Waals surface area (Å²) in [4.78, 5) is 29.0. The molecular weight excluding hydrogens is 384 g/mol. The van der Waals surface area contributed by atoms with Crippen LogP contribution in [0.15, 0.2) is 53.0 Å². The van der Waals surface area contributed by atoms with Crippen molar-refractivity contribution in [2.45, 2.75) is 13.0 Å². The van der Waals surface area contributed by atoms with Crippen molar-refractivity contribution < 1.29 is 14.3 Å². The fraction of sp³-hybridized carbons (Fsp3) is 0.263. The Bertz CT molecular complexity index is 809. The van der Waals surface area contributed by atoms with Gasteiger partial charge in [-0.2, -0.15) is 0 Å². The molecule has 0 radical (unpaired) electrons. The Morgan fingerprint density at radius 2 is 1.92 bits per heavy atom. The second kappa shape index (κ2) is 7.27. The van der Waals surface area contributed by atoms with E-state index in [0.29, 0.717) is 24.4 Å². The summed E-state index contributed by atoms with van der Waals surface area (Å²) in [6, 6.07) is 14.1. The largest absolute Gasteiger partial charge is 0.495 e. The number of amides is 2. The summed E-state index contributed by atoms with van der Waals surface area (Å²) in [6.07, 6.45) is 0. The van der Waals surface area contributed by atoms with Gasteiger partial charge in [-0.25, -0.2) is 0 Å². The molecule has 25 heavy (non-hydrogen) atoms. The van der Waals surface area contributed by atoms with Crippen LogP contribution in [0.5, 0.6) is 5.75 Å². The number of benzene rings is 2. The molecule has 0 unspecified atom stereocenters. The summed E-state index contributed by atoms with van der Waals surface area (Å²) in [6.45, 7) is 2.67. The first kappa shape index (κ1) is 17.5. The zero-order valence-electron chi connectivity index (χ0n) is 14.1. The van der Waals surface area contributed by atoms with Crippen molar-refractivity contribution in [3.8, 4) is 5.75 Å². The summed E-state index contributed by atoms with van der Waals surface area (Å²) in [5.41, 5.74) is 1.30. The van der Waals surface area contributed by atoms with Crippen molar-refractivity contribution in [1.29, 1.82) is 0 Å². The summed E-state index contributed by atoms with van der Waals surface area (Å²) >= 11 is 3.38. The summed E-state index contributed by atoms with van der Waals surface area (Å²) < 4.78 is 6.20. The van der Waals surface area contributed by atoms with E-state index in [1.54, 1.807) is 36.0 Å². The molecule has 1 heterocycles. The van der Waals surface area contributed by atoms with E-state index in [-0.39, 0.29) is 11.8 Å². The fourth-order valence-electron chi connectivity index (χ4n) is 3.03. The first-order valence-corrected chi connectivity index (χ1v) is 8.83. The molecule has 0 spiro atoms. The van der Waals surface area contributed by atoms with Gasteiger partial charge in [-0.15, -0.1) is 0 Å². The zero-order chi connectivity index (χ0) is 18.0. The van der Waals surface area contributed by atoms with Gasteiger partial charge in [-0.3, -0.25) is 9.59 Å². The molecule has 3 rings (SSSR count). The third-order valence-electron chi connectivity index (χ3n) is 4.36. The predicted molar refractivity (Wildman–Crippen MR) is 100.0 cm³/mol. The van der Waals surface area contributed by atoms with E-state index in [0.717, 1.165) is 10.2 Å². The summed E-state index contributed by atoms with van der Waals surface area (Å²) in [7, 11) is 1.58. The molecule has 2 amide bonds. The normalized spacial score (nSPS) is 17.6. The number of rotatable bonds is 3. The Labute approximate surface area is 155 Å². The van der Waals surface area contributed by atoms with Gasteiger partial charge >= 0.3 is 0 Å². The van der Waals surface area contributed by atoms with Gasteiger partial charge in [0.15, 0.2) is 0 Å². The van der Waals surface area contributed by atoms with E-state index in [2.05, 4.69) is 15.9 Å². The topological polar surface area (TPSA) is 49.9 Å². The van der Waals surface area contributed by atoms with Crippen molar-refractivity contribution in [3.05, 3.63) is 58.6 Å². The second-order valence-corrected chi connectivity index (χ2v) is 6.76. The molecule has 2 aromatic carbocycles. The Balaban J connectivity index is 1.83. The quantitative estimate of drug-likeness (QED) is 0.790. The second-order valence-electron chi connectivity index (χ2n) is 5.85. The lowest BCUT2D eigenvalue weighted by Crippen LogP contribution is -2.57. The number of hydrogen-bond acceptors (Lipinski definition) is 3. The van der Waals surface area contributed by atoms with Gasteiger partial charge in [0.05, 0.1) is 12.8 Å². The molecule has 1 fully saturated rings. The van der Waals surface area contributed by atoms with E-state index < -0.39 is 6.04 Å². The molecule has 0 saturated carbocycles. The Morgan fingerprint density at radius 3 is 2.64 bits per heavy atom. The van der Waals surface area contributed by atoms with Crippen molar-refractivity contribution in [1.82, 2.24) is 4.90 Å². The van der Waals surface area contributed by atoms with Crippen LogP contribution in [0.3, 0.4) is 0 Å². The minimum atomic E-state index is -0.537. The number of carbonyl (C=O) groups excluding carboxylic acids is 2. The van der Waals surface area contributed by atoms with E-state index in [9.17, 15) is 9.59 Å². The lowest BCUT2D eigenvalue weighted by atomic mass is 10.1. The monoisotopic (exact) mass is 402 g/mol. The minimum Gasteiger partial charge on any atom is -0.495 e. The van der Waals surface area contributed by atoms with Gasteiger partial charge < -0.3 is 14.5 Å². The van der Waals surface area contributed by atoms with Gasteiger partial charge in [0.2, 0.25) is 5.91 Å². The molecular formula is C19H19BrN2O3. The third-order valence-corrected chi connectivity index (χ3v) is 4.86. The maximum Gasteiger partial charge on any atom is 0.254 e. The molecule has 1 aliphatic rings. The first-order chi connectivity index (χ1) is 12.0. The Kier molecular flexibility index (Phi) is 5.08. The van der Waals surface area contributed by atoms with E-state index in [4.69, 9.17) is 4.74 Å². The number of methoxy groups -OCH3 is 1. The van der Waals surface area contributed by atoms with Gasteiger partial charge in [0, 0.05) is 23.1 Å². The lowest BCUT2D eigenvalue weighted by molar-refractivity contribution is -0.124. The number of anilines is 1. The minimum absolute atomic E-state index is 0.112. The van der Waals surface area contributed by atoms with Crippen LogP contribution in [-0.2, 0) is 4.79 Å². The highest BCUT2D eigenvalue weighted by Gasteiger charge is 2.36. The lowest BCUT2D eigenvalue weighted by Gasteiger charge is -2.39. The molecule has 1 atom stereocenters. The predicted octanol–water partition coefficient (Wildman–Crippen LogP) is 3.34. The third kappa shape index (κ3) is 3.39. The Morgan fingerprint density at radius 1 is 1.16 bits per heavy atom. The molecule has 6 heteroatoms. The number of ether oxygens (including phenoxy) is 1.